The molecule has 0 amide bonds. The lowest BCUT2D eigenvalue weighted by Gasteiger charge is -2.31. The molecule has 0 saturated carbocycles. The van der Waals surface area contributed by atoms with E-state index >= 15 is 0 Å². The zero-order valence-corrected chi connectivity index (χ0v) is 15.6. The second kappa shape index (κ2) is 8.33. The monoisotopic (exact) mass is 414 g/mol. The molecule has 0 bridgehead atoms. The standard InChI is InChI=1S/C18H17F3N2O6/c1-4-29-17(25)14-13(10-6-5-7-11(8-10)23(26)27)12(16(24)28-3)9(2)22-15(14)18(19,20)21/h5-8,13,22H,4H2,1-3H3. The third-order valence-electron chi connectivity index (χ3n) is 4.16. The van der Waals surface area contributed by atoms with Crippen LogP contribution in [-0.2, 0) is 19.1 Å². The van der Waals surface area contributed by atoms with Gasteiger partial charge in [-0.1, -0.05) is 12.1 Å². The first-order valence-electron chi connectivity index (χ1n) is 8.31. The van der Waals surface area contributed by atoms with E-state index in [1.165, 1.54) is 26.0 Å². The number of nitro benzene ring substituents is 1. The largest absolute Gasteiger partial charge is 0.466 e. The molecule has 1 heterocycles. The van der Waals surface area contributed by atoms with Crippen molar-refractivity contribution in [3.8, 4) is 0 Å². The maximum Gasteiger partial charge on any atom is 0.431 e. The molecule has 1 aromatic rings. The summed E-state index contributed by atoms with van der Waals surface area (Å²) in [6, 6.07) is 4.67. The Labute approximate surface area is 163 Å². The first kappa shape index (κ1) is 21.9. The van der Waals surface area contributed by atoms with Crippen LogP contribution in [-0.4, -0.2) is 36.8 Å². The molecule has 0 saturated heterocycles. The number of halogens is 3. The maximum absolute atomic E-state index is 13.7. The van der Waals surface area contributed by atoms with Gasteiger partial charge in [0.15, 0.2) is 0 Å². The van der Waals surface area contributed by atoms with E-state index in [2.05, 4.69) is 4.74 Å². The summed E-state index contributed by atoms with van der Waals surface area (Å²) < 4.78 is 50.6. The highest BCUT2D eigenvalue weighted by Gasteiger charge is 2.47. The van der Waals surface area contributed by atoms with Crippen molar-refractivity contribution in [2.75, 3.05) is 13.7 Å². The minimum atomic E-state index is -4.98. The summed E-state index contributed by atoms with van der Waals surface area (Å²) in [6.07, 6.45) is -4.98. The summed E-state index contributed by atoms with van der Waals surface area (Å²) in [5.41, 5.74) is -3.26. The van der Waals surface area contributed by atoms with Crippen molar-refractivity contribution < 1.29 is 37.2 Å². The van der Waals surface area contributed by atoms with Gasteiger partial charge in [-0.15, -0.1) is 0 Å². The van der Waals surface area contributed by atoms with Crippen molar-refractivity contribution >= 4 is 17.6 Å². The van der Waals surface area contributed by atoms with E-state index in [1.54, 1.807) is 0 Å². The Morgan fingerprint density at radius 1 is 1.24 bits per heavy atom. The number of non-ortho nitro benzene ring substituents is 1. The number of benzene rings is 1. The summed E-state index contributed by atoms with van der Waals surface area (Å²) in [7, 11) is 1.03. The molecule has 0 aromatic heterocycles. The Morgan fingerprint density at radius 2 is 1.90 bits per heavy atom. The van der Waals surface area contributed by atoms with Crippen LogP contribution in [0.2, 0.25) is 0 Å². The van der Waals surface area contributed by atoms with E-state index in [-0.39, 0.29) is 23.4 Å². The van der Waals surface area contributed by atoms with Crippen LogP contribution in [0.15, 0.2) is 46.8 Å². The lowest BCUT2D eigenvalue weighted by atomic mass is 9.80. The molecule has 11 heteroatoms. The van der Waals surface area contributed by atoms with Crippen LogP contribution in [0.5, 0.6) is 0 Å². The molecule has 29 heavy (non-hydrogen) atoms. The molecule has 1 aromatic carbocycles. The number of nitrogens with zero attached hydrogens (tertiary/aromatic N) is 1. The van der Waals surface area contributed by atoms with E-state index in [1.807, 2.05) is 5.32 Å². The molecule has 0 aliphatic carbocycles. The number of dihydropyridines is 1. The van der Waals surface area contributed by atoms with E-state index in [0.29, 0.717) is 0 Å². The Hall–Kier alpha value is -3.37. The molecule has 8 nitrogen and oxygen atoms in total. The zero-order valence-electron chi connectivity index (χ0n) is 15.6. The van der Waals surface area contributed by atoms with E-state index < -0.39 is 45.9 Å². The molecular formula is C18H17F3N2O6. The van der Waals surface area contributed by atoms with Gasteiger partial charge in [-0.2, -0.15) is 13.2 Å². The van der Waals surface area contributed by atoms with Crippen molar-refractivity contribution in [2.45, 2.75) is 25.9 Å². The van der Waals surface area contributed by atoms with Gasteiger partial charge in [0.25, 0.3) is 5.69 Å². The van der Waals surface area contributed by atoms with Crippen molar-refractivity contribution in [3.05, 3.63) is 62.5 Å². The number of hydrogen-bond donors (Lipinski definition) is 1. The van der Waals surface area contributed by atoms with Gasteiger partial charge in [-0.25, -0.2) is 9.59 Å². The van der Waals surface area contributed by atoms with Crippen molar-refractivity contribution in [1.29, 1.82) is 0 Å². The number of rotatable bonds is 5. The Bertz CT molecular complexity index is 920. The third-order valence-corrected chi connectivity index (χ3v) is 4.16. The topological polar surface area (TPSA) is 108 Å². The molecule has 1 atom stereocenters. The number of esters is 2. The fourth-order valence-electron chi connectivity index (χ4n) is 3.01. The first-order chi connectivity index (χ1) is 13.5. The number of hydrogen-bond acceptors (Lipinski definition) is 7. The second-order valence-electron chi connectivity index (χ2n) is 5.95. The van der Waals surface area contributed by atoms with E-state index in [4.69, 9.17) is 4.74 Å². The number of allylic oxidation sites excluding steroid dienone is 2. The molecule has 0 spiro atoms. The Morgan fingerprint density at radius 3 is 2.41 bits per heavy atom. The van der Waals surface area contributed by atoms with Crippen LogP contribution in [0.3, 0.4) is 0 Å². The number of nitro groups is 1. The maximum atomic E-state index is 13.7. The lowest BCUT2D eigenvalue weighted by Crippen LogP contribution is -2.38. The van der Waals surface area contributed by atoms with Gasteiger partial charge >= 0.3 is 18.1 Å². The SMILES string of the molecule is CCOC(=O)C1=C(C(F)(F)F)NC(C)=C(C(=O)OC)C1c1cccc([N+](=O)[O-])c1. The smallest absolute Gasteiger partial charge is 0.431 e. The van der Waals surface area contributed by atoms with Gasteiger partial charge in [-0.3, -0.25) is 10.1 Å². The van der Waals surface area contributed by atoms with Crippen molar-refractivity contribution in [2.24, 2.45) is 0 Å². The molecule has 1 aliphatic rings. The molecule has 0 radical (unpaired) electrons. The third kappa shape index (κ3) is 4.39. The molecule has 1 N–H and O–H groups in total. The first-order valence-corrected chi connectivity index (χ1v) is 8.31. The highest BCUT2D eigenvalue weighted by atomic mass is 19.4. The molecule has 1 aliphatic heterocycles. The van der Waals surface area contributed by atoms with Gasteiger partial charge in [0.2, 0.25) is 0 Å². The van der Waals surface area contributed by atoms with Gasteiger partial charge < -0.3 is 14.8 Å². The molecular weight excluding hydrogens is 397 g/mol. The van der Waals surface area contributed by atoms with Crippen LogP contribution < -0.4 is 5.32 Å². The second-order valence-corrected chi connectivity index (χ2v) is 5.95. The van der Waals surface area contributed by atoms with Gasteiger partial charge in [0.1, 0.15) is 5.70 Å². The number of ether oxygens (including phenoxy) is 2. The molecule has 0 fully saturated rings. The minimum absolute atomic E-state index is 0.0646. The lowest BCUT2D eigenvalue weighted by molar-refractivity contribution is -0.384. The number of nitrogens with one attached hydrogen (secondary N) is 1. The number of carbonyl (C=O) groups is 2. The molecule has 156 valence electrons. The average molecular weight is 414 g/mol. The normalized spacial score (nSPS) is 17.0. The minimum Gasteiger partial charge on any atom is -0.466 e. The summed E-state index contributed by atoms with van der Waals surface area (Å²) in [4.78, 5) is 35.2. The predicted molar refractivity (Wildman–Crippen MR) is 93.4 cm³/mol. The average Bonchev–Trinajstić information content (AvgIpc) is 2.65. The zero-order chi connectivity index (χ0) is 21.9. The van der Waals surface area contributed by atoms with Gasteiger partial charge in [0, 0.05) is 17.8 Å². The fourth-order valence-corrected chi connectivity index (χ4v) is 3.01. The molecule has 1 unspecified atom stereocenters. The molecule has 2 rings (SSSR count). The van der Waals surface area contributed by atoms with Gasteiger partial charge in [-0.05, 0) is 19.4 Å². The summed E-state index contributed by atoms with van der Waals surface area (Å²) in [5, 5.41) is 13.2. The summed E-state index contributed by atoms with van der Waals surface area (Å²) >= 11 is 0. The predicted octanol–water partition coefficient (Wildman–Crippen LogP) is 3.11. The van der Waals surface area contributed by atoms with Crippen molar-refractivity contribution in [1.82, 2.24) is 5.32 Å². The highest BCUT2D eigenvalue weighted by Crippen LogP contribution is 2.43. The summed E-state index contributed by atoms with van der Waals surface area (Å²) in [5.74, 6) is -3.88. The van der Waals surface area contributed by atoms with Crippen LogP contribution in [0.25, 0.3) is 0 Å². The number of alkyl halides is 3. The summed E-state index contributed by atoms with van der Waals surface area (Å²) in [6.45, 7) is 2.41. The van der Waals surface area contributed by atoms with Gasteiger partial charge in [0.05, 0.1) is 35.7 Å². The Balaban J connectivity index is 2.86. The number of methoxy groups -OCH3 is 1. The van der Waals surface area contributed by atoms with Crippen molar-refractivity contribution in [3.63, 3.8) is 0 Å². The Kier molecular flexibility index (Phi) is 6.30. The van der Waals surface area contributed by atoms with Crippen LogP contribution in [0.1, 0.15) is 25.3 Å². The van der Waals surface area contributed by atoms with E-state index in [9.17, 15) is 32.9 Å². The number of carbonyl (C=O) groups excluding carboxylic acids is 2. The van der Waals surface area contributed by atoms with Crippen LogP contribution in [0.4, 0.5) is 18.9 Å². The van der Waals surface area contributed by atoms with Crippen LogP contribution >= 0.6 is 0 Å². The van der Waals surface area contributed by atoms with Crippen LogP contribution in [0, 0.1) is 10.1 Å². The quantitative estimate of drug-likeness (QED) is 0.448. The highest BCUT2D eigenvalue weighted by molar-refractivity contribution is 6.00. The fraction of sp³-hybridized carbons (Fsp3) is 0.333. The van der Waals surface area contributed by atoms with E-state index in [0.717, 1.165) is 19.2 Å².